The van der Waals surface area contributed by atoms with Gasteiger partial charge in [-0.2, -0.15) is 11.8 Å². The number of anilines is 1. The number of carbonyl (C=O) groups excluding carboxylic acids is 1. The molecule has 1 amide bonds. The van der Waals surface area contributed by atoms with Crippen molar-refractivity contribution in [3.05, 3.63) is 18.0 Å². The maximum absolute atomic E-state index is 12.3. The van der Waals surface area contributed by atoms with E-state index in [1.165, 1.54) is 0 Å². The molecule has 1 heterocycles. The van der Waals surface area contributed by atoms with E-state index < -0.39 is 0 Å². The summed E-state index contributed by atoms with van der Waals surface area (Å²) in [6.07, 6.45) is 6.24. The fourth-order valence-corrected chi connectivity index (χ4v) is 2.31. The van der Waals surface area contributed by atoms with Gasteiger partial charge >= 0.3 is 0 Å². The molecule has 0 radical (unpaired) electrons. The van der Waals surface area contributed by atoms with Crippen molar-refractivity contribution in [2.75, 3.05) is 31.3 Å². The number of carbonyl (C=O) groups is 1. The van der Waals surface area contributed by atoms with Crippen molar-refractivity contribution in [2.24, 2.45) is 0 Å². The molecule has 1 aliphatic rings. The minimum absolute atomic E-state index is 0.0719. The normalized spacial score (nSPS) is 14.9. The third-order valence-corrected chi connectivity index (χ3v) is 3.60. The number of hydrogen-bond donors (Lipinski definition) is 1. The lowest BCUT2D eigenvalue weighted by molar-refractivity contribution is 0.0793. The lowest BCUT2D eigenvalue weighted by Gasteiger charge is -2.17. The van der Waals surface area contributed by atoms with Gasteiger partial charge in [-0.1, -0.05) is 0 Å². The molecule has 0 saturated heterocycles. The van der Waals surface area contributed by atoms with Crippen LogP contribution in [0.4, 0.5) is 5.69 Å². The summed E-state index contributed by atoms with van der Waals surface area (Å²) in [6.45, 7) is 0.774. The van der Waals surface area contributed by atoms with E-state index in [0.717, 1.165) is 30.8 Å². The third kappa shape index (κ3) is 2.77. The lowest BCUT2D eigenvalue weighted by atomic mass is 10.3. The standard InChI is InChI=1S/C12H19N3OS/c1-14(5-6-17-2)12(16)11-7-9(13)8-15(11)10-3-4-10/h7-8,10H,3-6,13H2,1-2H3. The molecule has 17 heavy (non-hydrogen) atoms. The van der Waals surface area contributed by atoms with E-state index in [4.69, 9.17) is 5.73 Å². The van der Waals surface area contributed by atoms with Crippen LogP contribution in [0.25, 0.3) is 0 Å². The number of nitrogens with zero attached hydrogens (tertiary/aromatic N) is 2. The summed E-state index contributed by atoms with van der Waals surface area (Å²) < 4.78 is 2.03. The van der Waals surface area contributed by atoms with E-state index >= 15 is 0 Å². The summed E-state index contributed by atoms with van der Waals surface area (Å²) >= 11 is 1.75. The average molecular weight is 253 g/mol. The Bertz CT molecular complexity index is 412. The summed E-state index contributed by atoms with van der Waals surface area (Å²) in [5, 5.41) is 0. The van der Waals surface area contributed by atoms with Crippen LogP contribution in [0.3, 0.4) is 0 Å². The first-order valence-corrected chi connectivity index (χ1v) is 7.24. The first-order valence-electron chi connectivity index (χ1n) is 5.85. The summed E-state index contributed by atoms with van der Waals surface area (Å²) in [5.74, 6) is 1.03. The molecule has 0 spiro atoms. The van der Waals surface area contributed by atoms with Gasteiger partial charge in [-0.25, -0.2) is 0 Å². The Morgan fingerprint density at radius 1 is 1.65 bits per heavy atom. The fraction of sp³-hybridized carbons (Fsp3) is 0.583. The van der Waals surface area contributed by atoms with Gasteiger partial charge in [0.25, 0.3) is 5.91 Å². The van der Waals surface area contributed by atoms with E-state index in [1.54, 1.807) is 22.7 Å². The molecule has 0 aromatic carbocycles. The Morgan fingerprint density at radius 3 is 2.94 bits per heavy atom. The number of hydrogen-bond acceptors (Lipinski definition) is 3. The van der Waals surface area contributed by atoms with Crippen molar-refractivity contribution in [1.82, 2.24) is 9.47 Å². The van der Waals surface area contributed by atoms with Crippen molar-refractivity contribution in [1.29, 1.82) is 0 Å². The van der Waals surface area contributed by atoms with Crippen molar-refractivity contribution < 1.29 is 4.79 Å². The first kappa shape index (κ1) is 12.4. The SMILES string of the molecule is CSCCN(C)C(=O)c1cc(N)cn1C1CC1. The van der Waals surface area contributed by atoms with Crippen molar-refractivity contribution in [2.45, 2.75) is 18.9 Å². The molecule has 4 nitrogen and oxygen atoms in total. The van der Waals surface area contributed by atoms with Crippen molar-refractivity contribution in [3.8, 4) is 0 Å². The third-order valence-electron chi connectivity index (χ3n) is 3.01. The van der Waals surface area contributed by atoms with Gasteiger partial charge in [0.05, 0.1) is 5.69 Å². The van der Waals surface area contributed by atoms with Crippen LogP contribution < -0.4 is 5.73 Å². The van der Waals surface area contributed by atoms with Crippen LogP contribution in [-0.4, -0.2) is 41.0 Å². The van der Waals surface area contributed by atoms with Gasteiger partial charge in [-0.3, -0.25) is 4.79 Å². The monoisotopic (exact) mass is 253 g/mol. The largest absolute Gasteiger partial charge is 0.397 e. The van der Waals surface area contributed by atoms with Gasteiger partial charge in [0.1, 0.15) is 5.69 Å². The highest BCUT2D eigenvalue weighted by atomic mass is 32.2. The topological polar surface area (TPSA) is 51.3 Å². The lowest BCUT2D eigenvalue weighted by Crippen LogP contribution is -2.30. The minimum Gasteiger partial charge on any atom is -0.397 e. The molecule has 1 aliphatic carbocycles. The van der Waals surface area contributed by atoms with Crippen LogP contribution in [0.2, 0.25) is 0 Å². The highest BCUT2D eigenvalue weighted by molar-refractivity contribution is 7.98. The van der Waals surface area contributed by atoms with Crippen LogP contribution >= 0.6 is 11.8 Å². The predicted molar refractivity (Wildman–Crippen MR) is 72.5 cm³/mol. The zero-order valence-electron chi connectivity index (χ0n) is 10.3. The van der Waals surface area contributed by atoms with E-state index in [1.807, 2.05) is 24.1 Å². The van der Waals surface area contributed by atoms with E-state index in [2.05, 4.69) is 0 Å². The highest BCUT2D eigenvalue weighted by Gasteiger charge is 2.28. The van der Waals surface area contributed by atoms with Crippen molar-refractivity contribution >= 4 is 23.4 Å². The van der Waals surface area contributed by atoms with E-state index in [9.17, 15) is 4.79 Å². The zero-order chi connectivity index (χ0) is 12.4. The predicted octanol–water partition coefficient (Wildman–Crippen LogP) is 1.84. The number of thioether (sulfide) groups is 1. The van der Waals surface area contributed by atoms with Gasteiger partial charge in [0.2, 0.25) is 0 Å². The molecule has 1 saturated carbocycles. The summed E-state index contributed by atoms with van der Waals surface area (Å²) in [4.78, 5) is 14.0. The van der Waals surface area contributed by atoms with E-state index in [0.29, 0.717) is 11.7 Å². The summed E-state index contributed by atoms with van der Waals surface area (Å²) in [7, 11) is 1.85. The molecule has 2 rings (SSSR count). The summed E-state index contributed by atoms with van der Waals surface area (Å²) in [6, 6.07) is 2.27. The second kappa shape index (κ2) is 5.04. The van der Waals surface area contributed by atoms with Gasteiger partial charge in [0.15, 0.2) is 0 Å². The molecule has 1 aromatic heterocycles. The number of rotatable bonds is 5. The Balaban J connectivity index is 2.12. The van der Waals surface area contributed by atoms with Gasteiger partial charge in [0, 0.05) is 31.6 Å². The maximum atomic E-state index is 12.3. The van der Waals surface area contributed by atoms with Crippen molar-refractivity contribution in [3.63, 3.8) is 0 Å². The van der Waals surface area contributed by atoms with Crippen LogP contribution in [0.1, 0.15) is 29.4 Å². The molecule has 5 heteroatoms. The highest BCUT2D eigenvalue weighted by Crippen LogP contribution is 2.37. The van der Waals surface area contributed by atoms with Crippen LogP contribution in [0, 0.1) is 0 Å². The Hall–Kier alpha value is -1.10. The Labute approximate surface area is 106 Å². The smallest absolute Gasteiger partial charge is 0.270 e. The Morgan fingerprint density at radius 2 is 2.35 bits per heavy atom. The van der Waals surface area contributed by atoms with Gasteiger partial charge in [-0.05, 0) is 25.2 Å². The van der Waals surface area contributed by atoms with Gasteiger partial charge < -0.3 is 15.2 Å². The van der Waals surface area contributed by atoms with Gasteiger partial charge in [-0.15, -0.1) is 0 Å². The Kier molecular flexibility index (Phi) is 3.66. The van der Waals surface area contributed by atoms with Crippen LogP contribution in [0.15, 0.2) is 12.3 Å². The molecule has 0 atom stereocenters. The number of aromatic nitrogens is 1. The molecule has 2 N–H and O–H groups in total. The molecular weight excluding hydrogens is 234 g/mol. The molecule has 1 fully saturated rings. The molecular formula is C12H19N3OS. The number of nitrogen functional groups attached to an aromatic ring is 1. The maximum Gasteiger partial charge on any atom is 0.270 e. The number of nitrogens with two attached hydrogens (primary N) is 1. The van der Waals surface area contributed by atoms with Crippen LogP contribution in [-0.2, 0) is 0 Å². The molecule has 0 aliphatic heterocycles. The molecule has 0 unspecified atom stereocenters. The van der Waals surface area contributed by atoms with Crippen LogP contribution in [0.5, 0.6) is 0 Å². The second-order valence-corrected chi connectivity index (χ2v) is 5.50. The zero-order valence-corrected chi connectivity index (χ0v) is 11.2. The number of amides is 1. The fourth-order valence-electron chi connectivity index (χ4n) is 1.85. The molecule has 94 valence electrons. The average Bonchev–Trinajstić information content (AvgIpc) is 3.08. The quantitative estimate of drug-likeness (QED) is 0.871. The molecule has 0 bridgehead atoms. The second-order valence-electron chi connectivity index (χ2n) is 4.52. The minimum atomic E-state index is 0.0719. The molecule has 1 aromatic rings. The van der Waals surface area contributed by atoms with E-state index in [-0.39, 0.29) is 5.91 Å². The first-order chi connectivity index (χ1) is 8.13. The summed E-state index contributed by atoms with van der Waals surface area (Å²) in [5.41, 5.74) is 7.20.